The molecule has 6 heteroatoms. The fraction of sp³-hybridized carbons (Fsp3) is 0.818. The second-order valence-corrected chi connectivity index (χ2v) is 4.96. The first-order valence-corrected chi connectivity index (χ1v) is 7.12. The van der Waals surface area contributed by atoms with Gasteiger partial charge in [-0.15, -0.1) is 0 Å². The van der Waals surface area contributed by atoms with E-state index in [1.807, 2.05) is 6.26 Å². The Morgan fingerprint density at radius 1 is 1.41 bits per heavy atom. The van der Waals surface area contributed by atoms with Crippen LogP contribution in [-0.2, 0) is 9.59 Å². The molecule has 5 nitrogen and oxygen atoms in total. The minimum absolute atomic E-state index is 0.347. The number of hydrogen-bond donors (Lipinski definition) is 3. The predicted octanol–water partition coefficient (Wildman–Crippen LogP) is 0.826. The molecule has 0 bridgehead atoms. The van der Waals surface area contributed by atoms with Crippen LogP contribution in [0.1, 0.15) is 33.1 Å². The normalized spacial score (nSPS) is 13.2. The van der Waals surface area contributed by atoms with E-state index in [-0.39, 0.29) is 5.91 Å². The number of thioether (sulfide) groups is 1. The molecule has 0 aliphatic rings. The van der Waals surface area contributed by atoms with Crippen molar-refractivity contribution in [1.82, 2.24) is 5.32 Å². The molecule has 0 aliphatic heterocycles. The summed E-state index contributed by atoms with van der Waals surface area (Å²) in [6.07, 6.45) is 3.18. The van der Waals surface area contributed by atoms with Crippen molar-refractivity contribution in [1.29, 1.82) is 0 Å². The van der Waals surface area contributed by atoms with E-state index in [0.717, 1.165) is 5.75 Å². The number of carbonyl (C=O) groups is 2. The summed E-state index contributed by atoms with van der Waals surface area (Å²) >= 11 is 1.61. The second kappa shape index (κ2) is 7.55. The van der Waals surface area contributed by atoms with Crippen molar-refractivity contribution in [2.45, 2.75) is 44.7 Å². The van der Waals surface area contributed by atoms with Crippen molar-refractivity contribution in [2.75, 3.05) is 12.0 Å². The number of nitrogens with one attached hydrogen (secondary N) is 1. The van der Waals surface area contributed by atoms with Gasteiger partial charge < -0.3 is 16.2 Å². The number of carbonyl (C=O) groups excluding carboxylic acids is 1. The van der Waals surface area contributed by atoms with Crippen LogP contribution in [0.5, 0.6) is 0 Å². The van der Waals surface area contributed by atoms with E-state index in [0.29, 0.717) is 19.3 Å². The highest BCUT2D eigenvalue weighted by Crippen LogP contribution is 2.15. The van der Waals surface area contributed by atoms with E-state index < -0.39 is 17.6 Å². The Kier molecular flexibility index (Phi) is 7.22. The molecular weight excluding hydrogens is 240 g/mol. The Morgan fingerprint density at radius 3 is 2.29 bits per heavy atom. The summed E-state index contributed by atoms with van der Waals surface area (Å²) in [6, 6.07) is -0.640. The van der Waals surface area contributed by atoms with Crippen LogP contribution >= 0.6 is 11.8 Å². The van der Waals surface area contributed by atoms with Gasteiger partial charge in [0.05, 0.1) is 6.04 Å². The summed E-state index contributed by atoms with van der Waals surface area (Å²) in [6.45, 7) is 3.48. The molecule has 0 radical (unpaired) electrons. The van der Waals surface area contributed by atoms with Gasteiger partial charge in [-0.2, -0.15) is 11.8 Å². The van der Waals surface area contributed by atoms with Gasteiger partial charge in [0.2, 0.25) is 5.91 Å². The van der Waals surface area contributed by atoms with Gasteiger partial charge in [-0.3, -0.25) is 4.79 Å². The van der Waals surface area contributed by atoms with E-state index in [4.69, 9.17) is 5.73 Å². The molecule has 17 heavy (non-hydrogen) atoms. The van der Waals surface area contributed by atoms with Crippen LogP contribution in [0.4, 0.5) is 0 Å². The van der Waals surface area contributed by atoms with Crippen molar-refractivity contribution in [3.63, 3.8) is 0 Å². The molecule has 4 N–H and O–H groups in total. The van der Waals surface area contributed by atoms with E-state index in [2.05, 4.69) is 5.32 Å². The molecule has 0 aromatic heterocycles. The van der Waals surface area contributed by atoms with Crippen molar-refractivity contribution < 1.29 is 14.7 Å². The van der Waals surface area contributed by atoms with Crippen LogP contribution < -0.4 is 11.1 Å². The van der Waals surface area contributed by atoms with Gasteiger partial charge in [0.25, 0.3) is 0 Å². The highest BCUT2D eigenvalue weighted by atomic mass is 32.2. The van der Waals surface area contributed by atoms with Crippen LogP contribution in [-0.4, -0.2) is 40.6 Å². The molecule has 0 rings (SSSR count). The molecule has 100 valence electrons. The molecule has 0 heterocycles. The number of rotatable bonds is 8. The largest absolute Gasteiger partial charge is 0.480 e. The topological polar surface area (TPSA) is 92.4 Å². The van der Waals surface area contributed by atoms with Crippen molar-refractivity contribution in [3.8, 4) is 0 Å². The fourth-order valence-corrected chi connectivity index (χ4v) is 1.98. The fourth-order valence-electron chi connectivity index (χ4n) is 1.49. The third-order valence-corrected chi connectivity index (χ3v) is 3.59. The van der Waals surface area contributed by atoms with E-state index in [1.54, 1.807) is 25.6 Å². The number of hydrogen-bond acceptors (Lipinski definition) is 4. The predicted molar refractivity (Wildman–Crippen MR) is 70.1 cm³/mol. The zero-order chi connectivity index (χ0) is 13.5. The smallest absolute Gasteiger partial charge is 0.329 e. The Morgan fingerprint density at radius 2 is 1.94 bits per heavy atom. The summed E-state index contributed by atoms with van der Waals surface area (Å²) < 4.78 is 0. The van der Waals surface area contributed by atoms with Gasteiger partial charge in [-0.1, -0.05) is 13.8 Å². The Labute approximate surface area is 107 Å². The van der Waals surface area contributed by atoms with Crippen molar-refractivity contribution >= 4 is 23.6 Å². The van der Waals surface area contributed by atoms with Crippen LogP contribution in [0.15, 0.2) is 0 Å². The number of carboxylic acids is 1. The molecule has 1 amide bonds. The zero-order valence-corrected chi connectivity index (χ0v) is 11.5. The van der Waals surface area contributed by atoms with Crippen LogP contribution in [0.3, 0.4) is 0 Å². The van der Waals surface area contributed by atoms with E-state index in [1.165, 1.54) is 0 Å². The van der Waals surface area contributed by atoms with Crippen LogP contribution in [0.2, 0.25) is 0 Å². The summed E-state index contributed by atoms with van der Waals surface area (Å²) in [5.41, 5.74) is 4.52. The lowest BCUT2D eigenvalue weighted by Crippen LogP contribution is -2.57. The highest BCUT2D eigenvalue weighted by molar-refractivity contribution is 7.98. The average Bonchev–Trinajstić information content (AvgIpc) is 2.32. The average molecular weight is 262 g/mol. The lowest BCUT2D eigenvalue weighted by molar-refractivity contribution is -0.148. The van der Waals surface area contributed by atoms with Gasteiger partial charge in [-0.25, -0.2) is 4.79 Å². The molecule has 0 aromatic rings. The van der Waals surface area contributed by atoms with Crippen molar-refractivity contribution in [3.05, 3.63) is 0 Å². The van der Waals surface area contributed by atoms with Gasteiger partial charge in [0, 0.05) is 0 Å². The molecule has 0 saturated carbocycles. The molecule has 0 aromatic carbocycles. The molecular formula is C11H22N2O3S. The molecule has 0 fully saturated rings. The number of aliphatic carboxylic acids is 1. The monoisotopic (exact) mass is 262 g/mol. The molecule has 0 spiro atoms. The molecule has 1 atom stereocenters. The summed E-state index contributed by atoms with van der Waals surface area (Å²) in [7, 11) is 0. The van der Waals surface area contributed by atoms with Crippen LogP contribution in [0, 0.1) is 0 Å². The summed E-state index contributed by atoms with van der Waals surface area (Å²) in [5.74, 6) is -0.606. The molecule has 0 unspecified atom stereocenters. The highest BCUT2D eigenvalue weighted by Gasteiger charge is 2.37. The number of amides is 1. The number of carboxylic acid groups (broad SMARTS) is 1. The first kappa shape index (κ1) is 16.2. The summed E-state index contributed by atoms with van der Waals surface area (Å²) in [4.78, 5) is 23.0. The third-order valence-electron chi connectivity index (χ3n) is 2.95. The first-order valence-electron chi connectivity index (χ1n) is 5.73. The zero-order valence-electron chi connectivity index (χ0n) is 10.7. The van der Waals surface area contributed by atoms with Gasteiger partial charge >= 0.3 is 5.97 Å². The third kappa shape index (κ3) is 4.55. The van der Waals surface area contributed by atoms with E-state index in [9.17, 15) is 14.7 Å². The van der Waals surface area contributed by atoms with E-state index >= 15 is 0 Å². The Bertz CT molecular complexity index is 267. The van der Waals surface area contributed by atoms with Crippen LogP contribution in [0.25, 0.3) is 0 Å². The minimum Gasteiger partial charge on any atom is -0.480 e. The van der Waals surface area contributed by atoms with Gasteiger partial charge in [-0.05, 0) is 31.3 Å². The lowest BCUT2D eigenvalue weighted by atomic mass is 9.92. The maximum Gasteiger partial charge on any atom is 0.329 e. The maximum absolute atomic E-state index is 11.8. The lowest BCUT2D eigenvalue weighted by Gasteiger charge is -2.29. The van der Waals surface area contributed by atoms with Gasteiger partial charge in [0.15, 0.2) is 0 Å². The Balaban J connectivity index is 4.56. The standard InChI is InChI=1S/C11H22N2O3S/c1-4-11(5-2,10(15)16)13-9(14)8(12)6-7-17-3/h8H,4-7,12H2,1-3H3,(H,13,14)(H,15,16)/t8-/m1/s1. The SMILES string of the molecule is CCC(CC)(NC(=O)[C@H](N)CCSC)C(=O)O. The minimum atomic E-state index is -1.19. The molecule has 0 aliphatic carbocycles. The number of nitrogens with two attached hydrogens (primary N) is 1. The summed E-state index contributed by atoms with van der Waals surface area (Å²) in [5, 5.41) is 11.7. The molecule has 0 saturated heterocycles. The maximum atomic E-state index is 11.8. The first-order chi connectivity index (χ1) is 7.93. The van der Waals surface area contributed by atoms with Gasteiger partial charge in [0.1, 0.15) is 5.54 Å². The van der Waals surface area contributed by atoms with Crippen molar-refractivity contribution in [2.24, 2.45) is 5.73 Å². The quantitative estimate of drug-likeness (QED) is 0.602. The second-order valence-electron chi connectivity index (χ2n) is 3.97. The Hall–Kier alpha value is -0.750.